The van der Waals surface area contributed by atoms with E-state index in [1.807, 2.05) is 12.1 Å². The molecule has 2 rings (SSSR count). The van der Waals surface area contributed by atoms with Crippen LogP contribution in [0.3, 0.4) is 0 Å². The van der Waals surface area contributed by atoms with E-state index in [2.05, 4.69) is 11.8 Å². The summed E-state index contributed by atoms with van der Waals surface area (Å²) in [5, 5.41) is 9.25. The molecule has 1 atom stereocenters. The van der Waals surface area contributed by atoms with Crippen molar-refractivity contribution in [1.29, 1.82) is 0 Å². The second-order valence-corrected chi connectivity index (χ2v) is 4.37. The molecular weight excluding hydrogens is 218 g/mol. The molecule has 1 fully saturated rings. The maximum atomic E-state index is 11.3. The molecule has 1 N–H and O–H groups in total. The van der Waals surface area contributed by atoms with E-state index in [1.54, 1.807) is 13.2 Å². The Hall–Kier alpha value is -1.71. The van der Waals surface area contributed by atoms with Crippen LogP contribution in [0, 0.1) is 0 Å². The molecule has 0 spiro atoms. The van der Waals surface area contributed by atoms with Crippen molar-refractivity contribution in [3.05, 3.63) is 23.8 Å². The number of ether oxygens (including phenoxy) is 1. The topological polar surface area (TPSA) is 49.8 Å². The number of carbonyl (C=O) groups is 1. The van der Waals surface area contributed by atoms with Crippen molar-refractivity contribution in [2.45, 2.75) is 25.8 Å². The van der Waals surface area contributed by atoms with Gasteiger partial charge in [0.2, 0.25) is 0 Å². The van der Waals surface area contributed by atoms with Gasteiger partial charge in [-0.05, 0) is 38.0 Å². The Morgan fingerprint density at radius 1 is 1.53 bits per heavy atom. The average Bonchev–Trinajstić information content (AvgIpc) is 2.74. The van der Waals surface area contributed by atoms with E-state index in [1.165, 1.54) is 0 Å². The monoisotopic (exact) mass is 235 g/mol. The van der Waals surface area contributed by atoms with Crippen LogP contribution in [-0.2, 0) is 0 Å². The van der Waals surface area contributed by atoms with E-state index >= 15 is 0 Å². The lowest BCUT2D eigenvalue weighted by Crippen LogP contribution is -2.28. The molecule has 1 aromatic carbocycles. The minimum absolute atomic E-state index is 0.318. The van der Waals surface area contributed by atoms with Crippen molar-refractivity contribution in [3.8, 4) is 5.75 Å². The molecule has 0 aliphatic carbocycles. The third kappa shape index (κ3) is 2.20. The van der Waals surface area contributed by atoms with E-state index in [0.29, 0.717) is 17.4 Å². The highest BCUT2D eigenvalue weighted by atomic mass is 16.5. The van der Waals surface area contributed by atoms with E-state index in [-0.39, 0.29) is 0 Å². The van der Waals surface area contributed by atoms with Gasteiger partial charge in [0.25, 0.3) is 0 Å². The van der Waals surface area contributed by atoms with Crippen LogP contribution in [0.2, 0.25) is 0 Å². The van der Waals surface area contributed by atoms with E-state index in [0.717, 1.165) is 25.1 Å². The molecule has 1 aromatic rings. The highest BCUT2D eigenvalue weighted by Gasteiger charge is 2.24. The fourth-order valence-electron chi connectivity index (χ4n) is 2.36. The van der Waals surface area contributed by atoms with Crippen molar-refractivity contribution < 1.29 is 14.6 Å². The minimum atomic E-state index is -0.905. The lowest BCUT2D eigenvalue weighted by molar-refractivity contribution is 0.0697. The summed E-state index contributed by atoms with van der Waals surface area (Å²) in [7, 11) is 1.54. The molecule has 4 heteroatoms. The van der Waals surface area contributed by atoms with Gasteiger partial charge in [0, 0.05) is 12.6 Å². The van der Waals surface area contributed by atoms with Gasteiger partial charge in [-0.25, -0.2) is 4.79 Å². The number of hydrogen-bond donors (Lipinski definition) is 1. The molecule has 17 heavy (non-hydrogen) atoms. The summed E-state index contributed by atoms with van der Waals surface area (Å²) in [4.78, 5) is 13.4. The SMILES string of the molecule is COc1ccc(N2CCCC2C)c(C(=O)O)c1. The first-order valence-corrected chi connectivity index (χ1v) is 5.81. The number of carboxylic acids is 1. The Morgan fingerprint density at radius 3 is 2.82 bits per heavy atom. The van der Waals surface area contributed by atoms with E-state index < -0.39 is 5.97 Å². The Labute approximate surface area is 101 Å². The average molecular weight is 235 g/mol. The van der Waals surface area contributed by atoms with Gasteiger partial charge < -0.3 is 14.7 Å². The zero-order chi connectivity index (χ0) is 12.4. The normalized spacial score (nSPS) is 19.4. The molecule has 0 radical (unpaired) electrons. The van der Waals surface area contributed by atoms with Gasteiger partial charge in [0.05, 0.1) is 18.4 Å². The fraction of sp³-hybridized carbons (Fsp3) is 0.462. The molecule has 1 aliphatic rings. The van der Waals surface area contributed by atoms with Crippen LogP contribution in [-0.4, -0.2) is 30.8 Å². The number of aromatic carboxylic acids is 1. The van der Waals surface area contributed by atoms with Crippen LogP contribution in [0.1, 0.15) is 30.1 Å². The summed E-state index contributed by atoms with van der Waals surface area (Å²) >= 11 is 0. The zero-order valence-corrected chi connectivity index (χ0v) is 10.1. The summed E-state index contributed by atoms with van der Waals surface area (Å²) < 4.78 is 5.07. The molecular formula is C13H17NO3. The molecule has 4 nitrogen and oxygen atoms in total. The number of methoxy groups -OCH3 is 1. The second-order valence-electron chi connectivity index (χ2n) is 4.37. The van der Waals surface area contributed by atoms with Gasteiger partial charge >= 0.3 is 5.97 Å². The molecule has 0 bridgehead atoms. The Balaban J connectivity index is 2.42. The molecule has 1 aliphatic heterocycles. The van der Waals surface area contributed by atoms with Crippen molar-refractivity contribution >= 4 is 11.7 Å². The van der Waals surface area contributed by atoms with Gasteiger partial charge in [-0.2, -0.15) is 0 Å². The van der Waals surface area contributed by atoms with Crippen molar-refractivity contribution in [3.63, 3.8) is 0 Å². The third-order valence-electron chi connectivity index (χ3n) is 3.30. The molecule has 0 amide bonds. The smallest absolute Gasteiger partial charge is 0.337 e. The van der Waals surface area contributed by atoms with Gasteiger partial charge in [0.1, 0.15) is 5.75 Å². The lowest BCUT2D eigenvalue weighted by atomic mass is 10.1. The van der Waals surface area contributed by atoms with Crippen LogP contribution in [0.25, 0.3) is 0 Å². The largest absolute Gasteiger partial charge is 0.497 e. The summed E-state index contributed by atoms with van der Waals surface area (Å²) in [6.45, 7) is 3.05. The quantitative estimate of drug-likeness (QED) is 0.873. The first-order chi connectivity index (χ1) is 8.13. The first kappa shape index (κ1) is 11.8. The minimum Gasteiger partial charge on any atom is -0.497 e. The predicted molar refractivity (Wildman–Crippen MR) is 66.0 cm³/mol. The number of anilines is 1. The molecule has 1 unspecified atom stereocenters. The highest BCUT2D eigenvalue weighted by Crippen LogP contribution is 2.31. The molecule has 0 saturated carbocycles. The maximum absolute atomic E-state index is 11.3. The standard InChI is InChI=1S/C13H17NO3/c1-9-4-3-7-14(9)12-6-5-10(17-2)8-11(12)13(15)16/h5-6,8-9H,3-4,7H2,1-2H3,(H,15,16). The zero-order valence-electron chi connectivity index (χ0n) is 10.1. The highest BCUT2D eigenvalue weighted by molar-refractivity contribution is 5.95. The van der Waals surface area contributed by atoms with Gasteiger partial charge in [0.15, 0.2) is 0 Å². The number of rotatable bonds is 3. The van der Waals surface area contributed by atoms with Gasteiger partial charge in [-0.3, -0.25) is 0 Å². The summed E-state index contributed by atoms with van der Waals surface area (Å²) in [6, 6.07) is 5.64. The molecule has 1 saturated heterocycles. The summed E-state index contributed by atoms with van der Waals surface area (Å²) in [5.74, 6) is -0.323. The number of carboxylic acid groups (broad SMARTS) is 1. The Bertz CT molecular complexity index is 431. The molecule has 92 valence electrons. The predicted octanol–water partition coefficient (Wildman–Crippen LogP) is 2.38. The fourth-order valence-corrected chi connectivity index (χ4v) is 2.36. The number of hydrogen-bond acceptors (Lipinski definition) is 3. The van der Waals surface area contributed by atoms with E-state index in [9.17, 15) is 9.90 Å². The van der Waals surface area contributed by atoms with Crippen molar-refractivity contribution in [2.24, 2.45) is 0 Å². The number of benzene rings is 1. The first-order valence-electron chi connectivity index (χ1n) is 5.81. The van der Waals surface area contributed by atoms with Crippen LogP contribution in [0.5, 0.6) is 5.75 Å². The van der Waals surface area contributed by atoms with Gasteiger partial charge in [-0.15, -0.1) is 0 Å². The Kier molecular flexibility index (Phi) is 3.22. The van der Waals surface area contributed by atoms with Crippen LogP contribution in [0.15, 0.2) is 18.2 Å². The van der Waals surface area contributed by atoms with Crippen LogP contribution >= 0.6 is 0 Å². The maximum Gasteiger partial charge on any atom is 0.337 e. The van der Waals surface area contributed by atoms with Crippen molar-refractivity contribution in [1.82, 2.24) is 0 Å². The molecule has 0 aromatic heterocycles. The van der Waals surface area contributed by atoms with E-state index in [4.69, 9.17) is 4.74 Å². The Morgan fingerprint density at radius 2 is 2.29 bits per heavy atom. The van der Waals surface area contributed by atoms with Gasteiger partial charge in [-0.1, -0.05) is 0 Å². The van der Waals surface area contributed by atoms with Crippen molar-refractivity contribution in [2.75, 3.05) is 18.6 Å². The van der Waals surface area contributed by atoms with Crippen LogP contribution < -0.4 is 9.64 Å². The second kappa shape index (κ2) is 4.65. The molecule has 1 heterocycles. The number of nitrogens with zero attached hydrogens (tertiary/aromatic N) is 1. The third-order valence-corrected chi connectivity index (χ3v) is 3.30. The van der Waals surface area contributed by atoms with Crippen LogP contribution in [0.4, 0.5) is 5.69 Å². The summed E-state index contributed by atoms with van der Waals surface area (Å²) in [5.41, 5.74) is 1.11. The lowest BCUT2D eigenvalue weighted by Gasteiger charge is -2.25. The summed E-state index contributed by atoms with van der Waals surface area (Å²) in [6.07, 6.45) is 2.23.